The number of hydrogen-bond acceptors (Lipinski definition) is 4. The van der Waals surface area contributed by atoms with Gasteiger partial charge in [0, 0.05) is 28.4 Å². The molecule has 0 radical (unpaired) electrons. The molecule has 1 heterocycles. The molecule has 0 amide bonds. The van der Waals surface area contributed by atoms with Crippen molar-refractivity contribution in [1.82, 2.24) is 4.57 Å². The molecule has 178 valence electrons. The molecule has 0 aliphatic carbocycles. The minimum atomic E-state index is -3.82. The first-order chi connectivity index (χ1) is 17.0. The van der Waals surface area contributed by atoms with Crippen molar-refractivity contribution in [3.05, 3.63) is 102 Å². The van der Waals surface area contributed by atoms with E-state index in [2.05, 4.69) is 16.7 Å². The van der Waals surface area contributed by atoms with E-state index in [4.69, 9.17) is 14.0 Å². The molecule has 0 aliphatic rings. The van der Waals surface area contributed by atoms with Crippen LogP contribution in [-0.4, -0.2) is 23.7 Å². The quantitative estimate of drug-likeness (QED) is 0.249. The molecule has 0 spiro atoms. The van der Waals surface area contributed by atoms with Gasteiger partial charge in [0.25, 0.3) is 0 Å². The molecule has 1 N–H and O–H groups in total. The first kappa shape index (κ1) is 23.0. The smallest absolute Gasteiger partial charge is 0.380 e. The molecule has 1 unspecified atom stereocenters. The second-order valence-corrected chi connectivity index (χ2v) is 10.1. The van der Waals surface area contributed by atoms with Crippen molar-refractivity contribution in [3.63, 3.8) is 0 Å². The maximum atomic E-state index is 12.6. The second kappa shape index (κ2) is 9.49. The minimum absolute atomic E-state index is 0.0584. The Morgan fingerprint density at radius 2 is 1.26 bits per heavy atom. The summed E-state index contributed by atoms with van der Waals surface area (Å²) in [5, 5.41) is 2.18. The zero-order valence-corrected chi connectivity index (χ0v) is 20.4. The van der Waals surface area contributed by atoms with Crippen LogP contribution in [0.4, 0.5) is 0 Å². The zero-order chi connectivity index (χ0) is 24.4. The highest BCUT2D eigenvalue weighted by atomic mass is 31.2. The number of para-hydroxylation sites is 1. The zero-order valence-electron chi connectivity index (χ0n) is 19.5. The summed E-state index contributed by atoms with van der Waals surface area (Å²) in [6, 6.07) is 28.6. The molecule has 35 heavy (non-hydrogen) atoms. The third-order valence-corrected chi connectivity index (χ3v) is 7.28. The van der Waals surface area contributed by atoms with Crippen molar-refractivity contribution < 1.29 is 23.5 Å². The molecule has 0 bridgehead atoms. The molecule has 0 aliphatic heterocycles. The third-order valence-electron chi connectivity index (χ3n) is 6.02. The number of methoxy groups -OCH3 is 2. The van der Waals surface area contributed by atoms with Crippen molar-refractivity contribution in [2.24, 2.45) is 0 Å². The SMILES string of the molecule is COc1ccc2c(c1)c1cc(OC)ccc1n2Cc1ccc(CP(=O)(O)Oc2ccccc2)cc1. The molecule has 4 aromatic carbocycles. The van der Waals surface area contributed by atoms with E-state index in [1.54, 1.807) is 38.5 Å². The Labute approximate surface area is 203 Å². The van der Waals surface area contributed by atoms with Crippen LogP contribution in [0.15, 0.2) is 91.0 Å². The van der Waals surface area contributed by atoms with Crippen LogP contribution in [0.5, 0.6) is 17.2 Å². The Morgan fingerprint density at radius 1 is 0.714 bits per heavy atom. The monoisotopic (exact) mass is 487 g/mol. The predicted octanol–water partition coefficient (Wildman–Crippen LogP) is 6.62. The summed E-state index contributed by atoms with van der Waals surface area (Å²) in [6.07, 6.45) is -0.0584. The van der Waals surface area contributed by atoms with E-state index in [9.17, 15) is 9.46 Å². The summed E-state index contributed by atoms with van der Waals surface area (Å²) in [7, 11) is -0.487. The Bertz CT molecular complexity index is 1470. The molecule has 0 saturated carbocycles. The summed E-state index contributed by atoms with van der Waals surface area (Å²) < 4.78 is 31.1. The maximum absolute atomic E-state index is 12.6. The predicted molar refractivity (Wildman–Crippen MR) is 139 cm³/mol. The molecule has 5 rings (SSSR count). The highest BCUT2D eigenvalue weighted by Crippen LogP contribution is 2.46. The summed E-state index contributed by atoms with van der Waals surface area (Å²) in [6.45, 7) is 0.649. The normalized spacial score (nSPS) is 13.0. The first-order valence-electron chi connectivity index (χ1n) is 11.2. The number of nitrogens with zero attached hydrogens (tertiary/aromatic N) is 1. The molecule has 6 nitrogen and oxygen atoms in total. The van der Waals surface area contributed by atoms with Crippen LogP contribution >= 0.6 is 7.60 Å². The summed E-state index contributed by atoms with van der Waals surface area (Å²) >= 11 is 0. The van der Waals surface area contributed by atoms with Crippen LogP contribution in [0.25, 0.3) is 21.8 Å². The number of fused-ring (bicyclic) bond motifs is 3. The van der Waals surface area contributed by atoms with Crippen molar-refractivity contribution in [2.45, 2.75) is 12.7 Å². The molecular formula is C28H26NO5P. The van der Waals surface area contributed by atoms with Crippen LogP contribution in [0, 0.1) is 0 Å². The van der Waals surface area contributed by atoms with Gasteiger partial charge in [-0.1, -0.05) is 42.5 Å². The summed E-state index contributed by atoms with van der Waals surface area (Å²) in [5.41, 5.74) is 4.01. The van der Waals surface area contributed by atoms with Gasteiger partial charge in [0.2, 0.25) is 0 Å². The van der Waals surface area contributed by atoms with Gasteiger partial charge in [-0.3, -0.25) is 0 Å². The van der Waals surface area contributed by atoms with Gasteiger partial charge in [-0.15, -0.1) is 0 Å². The van der Waals surface area contributed by atoms with E-state index < -0.39 is 7.60 Å². The van der Waals surface area contributed by atoms with Gasteiger partial charge in [0.15, 0.2) is 0 Å². The Hall–Kier alpha value is -3.73. The molecule has 0 saturated heterocycles. The van der Waals surface area contributed by atoms with E-state index >= 15 is 0 Å². The fourth-order valence-electron chi connectivity index (χ4n) is 4.33. The van der Waals surface area contributed by atoms with Gasteiger partial charge in [-0.25, -0.2) is 4.57 Å². The Balaban J connectivity index is 1.42. The number of benzene rings is 4. The summed E-state index contributed by atoms with van der Waals surface area (Å²) in [5.74, 6) is 1.99. The lowest BCUT2D eigenvalue weighted by atomic mass is 10.1. The lowest BCUT2D eigenvalue weighted by Gasteiger charge is -2.14. The molecule has 5 aromatic rings. The Morgan fingerprint density at radius 3 is 1.80 bits per heavy atom. The van der Waals surface area contributed by atoms with Crippen molar-refractivity contribution in [3.8, 4) is 17.2 Å². The lowest BCUT2D eigenvalue weighted by molar-refractivity contribution is 0.378. The summed E-state index contributed by atoms with van der Waals surface area (Å²) in [4.78, 5) is 10.3. The van der Waals surface area contributed by atoms with Crippen molar-refractivity contribution in [1.29, 1.82) is 0 Å². The molecule has 1 aromatic heterocycles. The van der Waals surface area contributed by atoms with Crippen molar-refractivity contribution in [2.75, 3.05) is 14.2 Å². The van der Waals surface area contributed by atoms with Gasteiger partial charge in [-0.2, -0.15) is 0 Å². The number of hydrogen-bond donors (Lipinski definition) is 1. The van der Waals surface area contributed by atoms with E-state index in [1.165, 1.54) is 0 Å². The highest BCUT2D eigenvalue weighted by Gasteiger charge is 2.22. The average Bonchev–Trinajstić information content (AvgIpc) is 3.17. The molecular weight excluding hydrogens is 461 g/mol. The topological polar surface area (TPSA) is 69.9 Å². The van der Waals surface area contributed by atoms with Gasteiger partial charge >= 0.3 is 7.60 Å². The van der Waals surface area contributed by atoms with Crippen LogP contribution in [-0.2, 0) is 17.3 Å². The van der Waals surface area contributed by atoms with Crippen LogP contribution in [0.1, 0.15) is 11.1 Å². The van der Waals surface area contributed by atoms with Crippen LogP contribution in [0.2, 0.25) is 0 Å². The van der Waals surface area contributed by atoms with Crippen molar-refractivity contribution >= 4 is 29.4 Å². The van der Waals surface area contributed by atoms with Gasteiger partial charge in [-0.05, 0) is 59.7 Å². The molecule has 1 atom stereocenters. The molecule has 0 fully saturated rings. The minimum Gasteiger partial charge on any atom is -0.497 e. The maximum Gasteiger partial charge on any atom is 0.380 e. The first-order valence-corrected chi connectivity index (χ1v) is 13.0. The fraction of sp³-hybridized carbons (Fsp3) is 0.143. The van der Waals surface area contributed by atoms with E-state index in [1.807, 2.05) is 54.6 Å². The standard InChI is InChI=1S/C28H26NO5P/c1-32-23-12-14-27-25(16-23)26-17-24(33-2)13-15-28(26)29(27)18-20-8-10-21(11-9-20)19-35(30,31)34-22-6-4-3-5-7-22/h3-17H,18-19H2,1-2H3,(H,30,31). The van der Waals surface area contributed by atoms with Crippen LogP contribution in [0.3, 0.4) is 0 Å². The van der Waals surface area contributed by atoms with E-state index in [0.717, 1.165) is 44.4 Å². The van der Waals surface area contributed by atoms with E-state index in [0.29, 0.717) is 12.3 Å². The largest absolute Gasteiger partial charge is 0.497 e. The number of aromatic nitrogens is 1. The fourth-order valence-corrected chi connectivity index (χ4v) is 5.52. The Kier molecular flexibility index (Phi) is 6.25. The molecule has 7 heteroatoms. The van der Waals surface area contributed by atoms with E-state index in [-0.39, 0.29) is 6.16 Å². The van der Waals surface area contributed by atoms with Gasteiger partial charge < -0.3 is 23.5 Å². The lowest BCUT2D eigenvalue weighted by Crippen LogP contribution is -2.00. The number of ether oxygens (including phenoxy) is 2. The van der Waals surface area contributed by atoms with Gasteiger partial charge in [0.05, 0.1) is 20.4 Å². The van der Waals surface area contributed by atoms with Gasteiger partial charge in [0.1, 0.15) is 17.2 Å². The second-order valence-electron chi connectivity index (χ2n) is 8.37. The number of rotatable bonds is 8. The average molecular weight is 487 g/mol. The highest BCUT2D eigenvalue weighted by molar-refractivity contribution is 7.52. The third kappa shape index (κ3) is 4.90. The van der Waals surface area contributed by atoms with Crippen LogP contribution < -0.4 is 14.0 Å².